The molecule has 1 N–H and O–H groups in total. The molecule has 0 bridgehead atoms. The number of hydrogen-bond acceptors (Lipinski definition) is 5. The van der Waals surface area contributed by atoms with E-state index in [1.165, 1.54) is 22.7 Å². The van der Waals surface area contributed by atoms with Crippen LogP contribution in [0.25, 0.3) is 10.6 Å². The van der Waals surface area contributed by atoms with E-state index in [1.54, 1.807) is 0 Å². The Morgan fingerprint density at radius 1 is 1.24 bits per heavy atom. The summed E-state index contributed by atoms with van der Waals surface area (Å²) >= 11 is 8.89. The molecule has 0 aliphatic heterocycles. The number of halogens is 1. The maximum Gasteiger partial charge on any atom is 0.226 e. The molecule has 0 fully saturated rings. The molecule has 1 amide bonds. The Balaban J connectivity index is 1.56. The van der Waals surface area contributed by atoms with E-state index in [0.29, 0.717) is 13.2 Å². The molecule has 4 nitrogen and oxygen atoms in total. The van der Waals surface area contributed by atoms with Gasteiger partial charge in [0.15, 0.2) is 0 Å². The molecule has 1 aromatic carbocycles. The number of amides is 1. The Labute approximate surface area is 159 Å². The maximum absolute atomic E-state index is 12.1. The fourth-order valence-electron chi connectivity index (χ4n) is 2.24. The monoisotopic (exact) mass is 392 g/mol. The third kappa shape index (κ3) is 5.04. The highest BCUT2D eigenvalue weighted by Gasteiger charge is 2.10. The lowest BCUT2D eigenvalue weighted by molar-refractivity contribution is -0.120. The Hall–Kier alpha value is -1.89. The third-order valence-electron chi connectivity index (χ3n) is 3.39. The van der Waals surface area contributed by atoms with Crippen molar-refractivity contribution in [3.8, 4) is 16.3 Å². The Bertz CT molecular complexity index is 843. The molecule has 0 saturated carbocycles. The van der Waals surface area contributed by atoms with Gasteiger partial charge in [-0.2, -0.15) is 0 Å². The van der Waals surface area contributed by atoms with E-state index in [1.807, 2.05) is 48.7 Å². The largest absolute Gasteiger partial charge is 0.494 e. The fraction of sp³-hybridized carbons (Fsp3) is 0.222. The van der Waals surface area contributed by atoms with Crippen LogP contribution in [0.3, 0.4) is 0 Å². The minimum Gasteiger partial charge on any atom is -0.494 e. The van der Waals surface area contributed by atoms with Gasteiger partial charge in [0.25, 0.3) is 0 Å². The summed E-state index contributed by atoms with van der Waals surface area (Å²) < 4.78 is 6.17. The summed E-state index contributed by atoms with van der Waals surface area (Å²) in [6, 6.07) is 11.6. The summed E-state index contributed by atoms with van der Waals surface area (Å²) in [6.07, 6.45) is 0.270. The molecule has 0 atom stereocenters. The van der Waals surface area contributed by atoms with Gasteiger partial charge in [0, 0.05) is 15.8 Å². The van der Waals surface area contributed by atoms with Gasteiger partial charge in [0.2, 0.25) is 5.91 Å². The van der Waals surface area contributed by atoms with Gasteiger partial charge in [-0.15, -0.1) is 22.7 Å². The summed E-state index contributed by atoms with van der Waals surface area (Å²) in [4.78, 5) is 17.7. The molecule has 3 rings (SSSR count). The number of ether oxygens (including phenoxy) is 1. The zero-order valence-electron chi connectivity index (χ0n) is 13.6. The average molecular weight is 393 g/mol. The molecular formula is C18H17ClN2O2S2. The van der Waals surface area contributed by atoms with Crippen LogP contribution < -0.4 is 10.1 Å². The fourth-order valence-corrected chi connectivity index (χ4v) is 4.09. The van der Waals surface area contributed by atoms with Crippen molar-refractivity contribution in [2.45, 2.75) is 19.9 Å². The van der Waals surface area contributed by atoms with Gasteiger partial charge >= 0.3 is 0 Å². The molecule has 7 heteroatoms. The van der Waals surface area contributed by atoms with E-state index >= 15 is 0 Å². The highest BCUT2D eigenvalue weighted by atomic mass is 35.5. The van der Waals surface area contributed by atoms with E-state index in [2.05, 4.69) is 10.3 Å². The number of aromatic nitrogens is 1. The zero-order valence-corrected chi connectivity index (χ0v) is 16.0. The van der Waals surface area contributed by atoms with Crippen molar-refractivity contribution < 1.29 is 9.53 Å². The van der Waals surface area contributed by atoms with Crippen LogP contribution in [-0.2, 0) is 17.8 Å². The molecule has 0 aliphatic carbocycles. The number of thiazole rings is 1. The lowest BCUT2D eigenvalue weighted by Gasteiger charge is -2.03. The van der Waals surface area contributed by atoms with Crippen molar-refractivity contribution in [2.24, 2.45) is 0 Å². The zero-order chi connectivity index (χ0) is 17.6. The molecule has 2 aromatic heterocycles. The average Bonchev–Trinajstić information content (AvgIpc) is 3.23. The smallest absolute Gasteiger partial charge is 0.226 e. The van der Waals surface area contributed by atoms with Crippen LogP contribution in [0.15, 0.2) is 41.8 Å². The molecule has 0 saturated heterocycles. The van der Waals surface area contributed by atoms with Gasteiger partial charge in [0.05, 0.1) is 29.6 Å². The van der Waals surface area contributed by atoms with Crippen molar-refractivity contribution in [1.29, 1.82) is 0 Å². The molecular weight excluding hydrogens is 376 g/mol. The quantitative estimate of drug-likeness (QED) is 0.629. The molecule has 2 heterocycles. The van der Waals surface area contributed by atoms with Crippen molar-refractivity contribution in [3.05, 3.63) is 56.7 Å². The molecule has 0 aliphatic rings. The van der Waals surface area contributed by atoms with Gasteiger partial charge in [0.1, 0.15) is 10.8 Å². The molecule has 0 spiro atoms. The van der Waals surface area contributed by atoms with Crippen LogP contribution in [0.5, 0.6) is 5.75 Å². The predicted octanol–water partition coefficient (Wildman–Crippen LogP) is 4.78. The first-order valence-corrected chi connectivity index (χ1v) is 9.90. The highest BCUT2D eigenvalue weighted by Crippen LogP contribution is 2.26. The van der Waals surface area contributed by atoms with Gasteiger partial charge in [-0.3, -0.25) is 4.79 Å². The normalized spacial score (nSPS) is 10.6. The number of nitrogens with one attached hydrogen (secondary N) is 1. The Morgan fingerprint density at radius 2 is 2.04 bits per heavy atom. The van der Waals surface area contributed by atoms with Crippen LogP contribution in [0.2, 0.25) is 4.34 Å². The van der Waals surface area contributed by atoms with Crippen LogP contribution in [0, 0.1) is 0 Å². The summed E-state index contributed by atoms with van der Waals surface area (Å²) in [5.41, 5.74) is 1.80. The maximum atomic E-state index is 12.1. The topological polar surface area (TPSA) is 51.2 Å². The lowest BCUT2D eigenvalue weighted by atomic mass is 10.2. The summed E-state index contributed by atoms with van der Waals surface area (Å²) in [5.74, 6) is 0.796. The number of benzene rings is 1. The van der Waals surface area contributed by atoms with E-state index in [4.69, 9.17) is 16.3 Å². The standard InChI is InChI=1S/C18H17ClN2O2S2/c1-2-23-14-5-3-12(4-6-14)18-21-13(11-24-18)9-17(22)20-10-15-7-8-16(19)25-15/h3-8,11H,2,9-10H2,1H3,(H,20,22). The number of rotatable bonds is 7. The molecule has 0 radical (unpaired) electrons. The minimum absolute atomic E-state index is 0.0481. The molecule has 0 unspecified atom stereocenters. The first-order chi connectivity index (χ1) is 12.1. The van der Waals surface area contributed by atoms with E-state index in [0.717, 1.165) is 31.2 Å². The third-order valence-corrected chi connectivity index (χ3v) is 5.57. The van der Waals surface area contributed by atoms with Crippen molar-refractivity contribution in [3.63, 3.8) is 0 Å². The number of carbonyl (C=O) groups excluding carboxylic acids is 1. The van der Waals surface area contributed by atoms with Crippen LogP contribution in [-0.4, -0.2) is 17.5 Å². The second kappa shape index (κ2) is 8.47. The second-order valence-corrected chi connectivity index (χ2v) is 7.92. The van der Waals surface area contributed by atoms with Gasteiger partial charge in [-0.05, 0) is 43.3 Å². The van der Waals surface area contributed by atoms with Crippen LogP contribution in [0.1, 0.15) is 17.5 Å². The van der Waals surface area contributed by atoms with Gasteiger partial charge < -0.3 is 10.1 Å². The first-order valence-electron chi connectivity index (χ1n) is 7.82. The van der Waals surface area contributed by atoms with Crippen molar-refractivity contribution >= 4 is 40.2 Å². The van der Waals surface area contributed by atoms with E-state index in [9.17, 15) is 4.79 Å². The van der Waals surface area contributed by atoms with Gasteiger partial charge in [-0.25, -0.2) is 4.98 Å². The Morgan fingerprint density at radius 3 is 2.72 bits per heavy atom. The number of thiophene rings is 1. The number of carbonyl (C=O) groups is 1. The minimum atomic E-state index is -0.0481. The van der Waals surface area contributed by atoms with Crippen molar-refractivity contribution in [2.75, 3.05) is 6.61 Å². The number of hydrogen-bond donors (Lipinski definition) is 1. The first kappa shape index (κ1) is 17.9. The molecule has 130 valence electrons. The lowest BCUT2D eigenvalue weighted by Crippen LogP contribution is -2.24. The van der Waals surface area contributed by atoms with E-state index in [-0.39, 0.29) is 12.3 Å². The van der Waals surface area contributed by atoms with Crippen molar-refractivity contribution in [1.82, 2.24) is 10.3 Å². The van der Waals surface area contributed by atoms with Gasteiger partial charge in [-0.1, -0.05) is 11.6 Å². The Kier molecular flexibility index (Phi) is 6.07. The predicted molar refractivity (Wildman–Crippen MR) is 104 cm³/mol. The molecule has 3 aromatic rings. The highest BCUT2D eigenvalue weighted by molar-refractivity contribution is 7.16. The van der Waals surface area contributed by atoms with Crippen LogP contribution >= 0.6 is 34.3 Å². The van der Waals surface area contributed by atoms with Crippen LogP contribution in [0.4, 0.5) is 0 Å². The second-order valence-electron chi connectivity index (χ2n) is 5.26. The summed E-state index contributed by atoms with van der Waals surface area (Å²) in [7, 11) is 0. The summed E-state index contributed by atoms with van der Waals surface area (Å²) in [6.45, 7) is 3.10. The van der Waals surface area contributed by atoms with E-state index < -0.39 is 0 Å². The number of nitrogens with zero attached hydrogens (tertiary/aromatic N) is 1. The summed E-state index contributed by atoms with van der Waals surface area (Å²) in [5, 5.41) is 5.72. The molecule has 25 heavy (non-hydrogen) atoms. The SMILES string of the molecule is CCOc1ccc(-c2nc(CC(=O)NCc3ccc(Cl)s3)cs2)cc1.